The number of halogens is 1. The minimum absolute atomic E-state index is 0.116. The van der Waals surface area contributed by atoms with E-state index in [4.69, 9.17) is 9.47 Å². The summed E-state index contributed by atoms with van der Waals surface area (Å²) in [7, 11) is 0. The van der Waals surface area contributed by atoms with Crippen molar-refractivity contribution in [1.82, 2.24) is 10.3 Å². The van der Waals surface area contributed by atoms with E-state index < -0.39 is 0 Å². The van der Waals surface area contributed by atoms with Crippen molar-refractivity contribution in [3.8, 4) is 11.6 Å². The molecule has 1 N–H and O–H groups in total. The van der Waals surface area contributed by atoms with Crippen LogP contribution in [0.2, 0.25) is 0 Å². The third-order valence-electron chi connectivity index (χ3n) is 2.91. The monoisotopic (exact) mass is 288 g/mol. The molecule has 2 aromatic rings. The van der Waals surface area contributed by atoms with Crippen molar-refractivity contribution >= 4 is 5.91 Å². The zero-order valence-electron chi connectivity index (χ0n) is 11.1. The third kappa shape index (κ3) is 3.76. The Kier molecular flexibility index (Phi) is 3.79. The van der Waals surface area contributed by atoms with Crippen LogP contribution < -0.4 is 10.1 Å². The number of rotatable bonds is 5. The number of benzene rings is 1. The maximum atomic E-state index is 13.0. The van der Waals surface area contributed by atoms with Gasteiger partial charge < -0.3 is 14.8 Å². The van der Waals surface area contributed by atoms with Gasteiger partial charge in [0.25, 0.3) is 5.91 Å². The third-order valence-corrected chi connectivity index (χ3v) is 2.91. The van der Waals surface area contributed by atoms with Crippen LogP contribution in [0.4, 0.5) is 4.39 Å². The highest BCUT2D eigenvalue weighted by Gasteiger charge is 2.30. The first kappa shape index (κ1) is 13.5. The van der Waals surface area contributed by atoms with Gasteiger partial charge in [-0.3, -0.25) is 4.79 Å². The zero-order valence-corrected chi connectivity index (χ0v) is 11.1. The summed E-state index contributed by atoms with van der Waals surface area (Å²) in [4.78, 5) is 15.5. The van der Waals surface area contributed by atoms with Crippen molar-refractivity contribution in [3.05, 3.63) is 54.0 Å². The van der Waals surface area contributed by atoms with E-state index in [1.54, 1.807) is 30.5 Å². The average Bonchev–Trinajstić information content (AvgIpc) is 3.31. The molecule has 108 valence electrons. The topological polar surface area (TPSA) is 63.8 Å². The summed E-state index contributed by atoms with van der Waals surface area (Å²) < 4.78 is 23.3. The number of carbonyl (C=O) groups excluding carboxylic acids is 1. The maximum absolute atomic E-state index is 13.0. The first-order chi connectivity index (χ1) is 10.2. The number of pyridine rings is 1. The van der Waals surface area contributed by atoms with Gasteiger partial charge in [-0.15, -0.1) is 0 Å². The van der Waals surface area contributed by atoms with Crippen LogP contribution in [0.1, 0.15) is 5.56 Å². The minimum Gasteiger partial charge on any atom is -0.439 e. The number of hydrogen-bond acceptors (Lipinski definition) is 4. The predicted molar refractivity (Wildman–Crippen MR) is 72.3 cm³/mol. The first-order valence-electron chi connectivity index (χ1n) is 6.48. The van der Waals surface area contributed by atoms with Crippen molar-refractivity contribution < 1.29 is 18.7 Å². The Labute approximate surface area is 120 Å². The van der Waals surface area contributed by atoms with E-state index in [1.165, 1.54) is 12.1 Å². The van der Waals surface area contributed by atoms with E-state index in [-0.39, 0.29) is 17.8 Å². The van der Waals surface area contributed by atoms with Crippen LogP contribution in [-0.2, 0) is 16.1 Å². The minimum atomic E-state index is -0.367. The summed E-state index contributed by atoms with van der Waals surface area (Å²) in [6, 6.07) is 9.29. The molecule has 5 nitrogen and oxygen atoms in total. The summed E-state index contributed by atoms with van der Waals surface area (Å²) >= 11 is 0. The largest absolute Gasteiger partial charge is 0.439 e. The smallest absolute Gasteiger partial charge is 0.251 e. The van der Waals surface area contributed by atoms with Gasteiger partial charge in [0.15, 0.2) is 6.10 Å². The van der Waals surface area contributed by atoms with Crippen molar-refractivity contribution in [3.63, 3.8) is 0 Å². The Hall–Kier alpha value is -2.47. The van der Waals surface area contributed by atoms with Crippen molar-refractivity contribution in [2.24, 2.45) is 0 Å². The molecular weight excluding hydrogens is 275 g/mol. The highest BCUT2D eigenvalue weighted by Crippen LogP contribution is 2.20. The van der Waals surface area contributed by atoms with Crippen molar-refractivity contribution in [2.75, 3.05) is 6.61 Å². The van der Waals surface area contributed by atoms with Crippen LogP contribution in [0.3, 0.4) is 0 Å². The van der Waals surface area contributed by atoms with Gasteiger partial charge in [-0.2, -0.15) is 0 Å². The number of nitrogens with one attached hydrogen (secondary N) is 1. The molecule has 0 spiro atoms. The summed E-state index contributed by atoms with van der Waals surface area (Å²) in [6.07, 6.45) is 1.30. The molecule has 3 rings (SSSR count). The van der Waals surface area contributed by atoms with Gasteiger partial charge in [-0.05, 0) is 17.7 Å². The molecule has 0 saturated carbocycles. The van der Waals surface area contributed by atoms with Crippen LogP contribution in [0, 0.1) is 5.82 Å². The average molecular weight is 288 g/mol. The molecule has 6 heteroatoms. The fourth-order valence-corrected chi connectivity index (χ4v) is 1.73. The highest BCUT2D eigenvalue weighted by molar-refractivity contribution is 5.82. The first-order valence-corrected chi connectivity index (χ1v) is 6.48. The lowest BCUT2D eigenvalue weighted by atomic mass is 10.3. The SMILES string of the molecule is O=C(NCc1ccc(Oc2cccc(F)c2)nc1)C1CO1. The lowest BCUT2D eigenvalue weighted by Crippen LogP contribution is -2.27. The molecule has 2 heterocycles. The summed E-state index contributed by atoms with van der Waals surface area (Å²) in [5.41, 5.74) is 0.843. The molecule has 1 aromatic heterocycles. The fraction of sp³-hybridized carbons (Fsp3) is 0.200. The molecular formula is C15H13FN2O3. The molecule has 1 unspecified atom stereocenters. The second kappa shape index (κ2) is 5.88. The highest BCUT2D eigenvalue weighted by atomic mass is 19.1. The van der Waals surface area contributed by atoms with E-state index in [2.05, 4.69) is 10.3 Å². The summed E-state index contributed by atoms with van der Waals surface area (Å²) in [5.74, 6) is 0.264. The van der Waals surface area contributed by atoms with Crippen LogP contribution in [-0.4, -0.2) is 23.6 Å². The van der Waals surface area contributed by atoms with Crippen molar-refractivity contribution in [2.45, 2.75) is 12.6 Å². The molecule has 0 aliphatic carbocycles. The lowest BCUT2D eigenvalue weighted by molar-refractivity contribution is -0.122. The van der Waals surface area contributed by atoms with E-state index in [0.717, 1.165) is 5.56 Å². The molecule has 1 aromatic carbocycles. The summed E-state index contributed by atoms with van der Waals surface area (Å²) in [6.45, 7) is 0.871. The van der Waals surface area contributed by atoms with E-state index in [9.17, 15) is 9.18 Å². The van der Waals surface area contributed by atoms with Gasteiger partial charge in [0, 0.05) is 24.9 Å². The van der Waals surface area contributed by atoms with Crippen LogP contribution in [0.5, 0.6) is 11.6 Å². The fourth-order valence-electron chi connectivity index (χ4n) is 1.73. The predicted octanol–water partition coefficient (Wildman–Crippen LogP) is 2.03. The lowest BCUT2D eigenvalue weighted by Gasteiger charge is -2.06. The molecule has 1 aliphatic heterocycles. The molecule has 0 radical (unpaired) electrons. The standard InChI is InChI=1S/C15H13FN2O3/c16-11-2-1-3-12(6-11)21-14-5-4-10(7-17-14)8-18-15(19)13-9-20-13/h1-7,13H,8-9H2,(H,18,19). The Bertz CT molecular complexity index is 642. The van der Waals surface area contributed by atoms with Gasteiger partial charge in [-0.1, -0.05) is 12.1 Å². The Morgan fingerprint density at radius 3 is 2.95 bits per heavy atom. The van der Waals surface area contributed by atoms with Crippen LogP contribution in [0.15, 0.2) is 42.6 Å². The van der Waals surface area contributed by atoms with Gasteiger partial charge in [0.05, 0.1) is 6.61 Å². The maximum Gasteiger partial charge on any atom is 0.251 e. The summed E-state index contributed by atoms with van der Waals surface area (Å²) in [5, 5.41) is 2.74. The van der Waals surface area contributed by atoms with E-state index >= 15 is 0 Å². The van der Waals surface area contributed by atoms with Crippen LogP contribution in [0.25, 0.3) is 0 Å². The molecule has 1 fully saturated rings. The Balaban J connectivity index is 1.57. The van der Waals surface area contributed by atoms with Gasteiger partial charge in [0.2, 0.25) is 5.88 Å². The number of amides is 1. The molecule has 21 heavy (non-hydrogen) atoms. The Morgan fingerprint density at radius 2 is 2.29 bits per heavy atom. The normalized spacial score (nSPS) is 16.3. The van der Waals surface area contributed by atoms with E-state index in [0.29, 0.717) is 24.8 Å². The molecule has 0 bridgehead atoms. The van der Waals surface area contributed by atoms with Crippen molar-refractivity contribution in [1.29, 1.82) is 0 Å². The number of epoxide rings is 1. The van der Waals surface area contributed by atoms with E-state index in [1.807, 2.05) is 0 Å². The Morgan fingerprint density at radius 1 is 1.43 bits per heavy atom. The number of carbonyl (C=O) groups is 1. The molecule has 1 amide bonds. The number of nitrogens with zero attached hydrogens (tertiary/aromatic N) is 1. The number of aromatic nitrogens is 1. The molecule has 1 saturated heterocycles. The number of ether oxygens (including phenoxy) is 2. The van der Waals surface area contributed by atoms with Gasteiger partial charge >= 0.3 is 0 Å². The van der Waals surface area contributed by atoms with Gasteiger partial charge in [0.1, 0.15) is 11.6 Å². The number of hydrogen-bond donors (Lipinski definition) is 1. The quantitative estimate of drug-likeness (QED) is 0.855. The molecule has 1 atom stereocenters. The molecule has 1 aliphatic rings. The second-order valence-corrected chi connectivity index (χ2v) is 4.60. The van der Waals surface area contributed by atoms with Gasteiger partial charge in [-0.25, -0.2) is 9.37 Å². The van der Waals surface area contributed by atoms with Crippen LogP contribution >= 0.6 is 0 Å². The second-order valence-electron chi connectivity index (χ2n) is 4.60. The zero-order chi connectivity index (χ0) is 14.7.